The first kappa shape index (κ1) is 45.9. The second-order valence-corrected chi connectivity index (χ2v) is 12.5. The lowest BCUT2D eigenvalue weighted by molar-refractivity contribution is -0.145. The molecule has 0 aliphatic carbocycles. The number of benzene rings is 2. The van der Waals surface area contributed by atoms with Crippen LogP contribution in [0.1, 0.15) is 71.7 Å². The number of amides is 5. The molecule has 0 radical (unpaired) electrons. The maximum absolute atomic E-state index is 13.1. The van der Waals surface area contributed by atoms with Crippen LogP contribution >= 0.6 is 0 Å². The van der Waals surface area contributed by atoms with E-state index in [4.69, 9.17) is 24.7 Å². The molecule has 55 heavy (non-hydrogen) atoms. The fraction of sp³-hybridized carbons (Fsp3) is 0.526. The van der Waals surface area contributed by atoms with Gasteiger partial charge in [0.25, 0.3) is 11.8 Å². The van der Waals surface area contributed by atoms with Gasteiger partial charge in [0.15, 0.2) is 0 Å². The molecule has 304 valence electrons. The number of methoxy groups -OCH3 is 2. The second-order valence-electron chi connectivity index (χ2n) is 12.5. The second kappa shape index (κ2) is 27.3. The van der Waals surface area contributed by atoms with Crippen LogP contribution in [0.4, 0.5) is 15.3 Å². The van der Waals surface area contributed by atoms with Crippen molar-refractivity contribution in [3.8, 4) is 0 Å². The maximum Gasteiger partial charge on any atom is 0.407 e. The van der Waals surface area contributed by atoms with Gasteiger partial charge in [-0.25, -0.2) is 9.59 Å². The van der Waals surface area contributed by atoms with Crippen LogP contribution in [0.5, 0.6) is 0 Å². The molecule has 7 N–H and O–H groups in total. The number of anilines is 1. The molecule has 0 spiro atoms. The van der Waals surface area contributed by atoms with E-state index in [9.17, 15) is 28.8 Å². The lowest BCUT2D eigenvalue weighted by Crippen LogP contribution is -2.32. The summed E-state index contributed by atoms with van der Waals surface area (Å²) in [6, 6.07) is 12.4. The Kier molecular flexibility index (Phi) is 22.8. The Bertz CT molecular complexity index is 1430. The molecule has 0 saturated heterocycles. The predicted molar refractivity (Wildman–Crippen MR) is 203 cm³/mol. The summed E-state index contributed by atoms with van der Waals surface area (Å²) in [7, 11) is 2.61. The van der Waals surface area contributed by atoms with E-state index in [1.807, 2.05) is 30.3 Å². The Hall–Kier alpha value is -5.26. The third-order valence-electron chi connectivity index (χ3n) is 8.03. The average molecular weight is 773 g/mol. The van der Waals surface area contributed by atoms with Crippen LogP contribution in [0.25, 0.3) is 0 Å². The number of alkyl carbamates (subject to hydrolysis) is 1. The molecule has 2 aromatic carbocycles. The molecule has 2 atom stereocenters. The number of nitrogens with two attached hydrogens (primary N) is 1. The first-order valence-corrected chi connectivity index (χ1v) is 18.3. The number of urea groups is 1. The van der Waals surface area contributed by atoms with Crippen molar-refractivity contribution >= 4 is 41.6 Å². The molecule has 0 heterocycles. The van der Waals surface area contributed by atoms with Crippen LogP contribution in [0.15, 0.2) is 48.5 Å². The summed E-state index contributed by atoms with van der Waals surface area (Å²) >= 11 is 0. The van der Waals surface area contributed by atoms with E-state index in [1.54, 1.807) is 6.92 Å². The fourth-order valence-corrected chi connectivity index (χ4v) is 4.96. The molecule has 0 aliphatic rings. The molecule has 0 bridgehead atoms. The smallest absolute Gasteiger partial charge is 0.407 e. The Labute approximate surface area is 322 Å². The minimum absolute atomic E-state index is 0.156. The SMILES string of the molecule is COC(=O)[C@@H](C)CCCCNC(=O)c1cc(NC(=O)NCCOCCOCCNC(=O)OCc2ccccc2)cc(C(=O)NCCCC[C@H](N)C(=O)OC)c1. The standard InChI is InChI=1S/C38H56N6O11/c1-27(35(47)51-2)11-7-9-15-40-33(45)29-23-30(34(46)41-16-10-8-14-32(39)36(48)52-3)25-31(24-29)44-37(49)42-17-19-53-21-22-54-20-18-43-38(50)55-26-28-12-5-4-6-13-28/h4-6,12-13,23-25,27,32H,7-11,14-22,26,39H2,1-3H3,(H,40,45)(H,41,46)(H,43,50)(H2,42,44,49)/t27-,32-/m0/s1. The Morgan fingerprint density at radius 3 is 1.80 bits per heavy atom. The molecule has 0 aliphatic heterocycles. The average Bonchev–Trinajstić information content (AvgIpc) is 3.19. The van der Waals surface area contributed by atoms with Crippen molar-refractivity contribution in [2.45, 2.75) is 58.1 Å². The van der Waals surface area contributed by atoms with Gasteiger partial charge in [-0.3, -0.25) is 19.2 Å². The first-order chi connectivity index (χ1) is 26.5. The van der Waals surface area contributed by atoms with E-state index in [0.29, 0.717) is 51.6 Å². The summed E-state index contributed by atoms with van der Waals surface area (Å²) in [5.41, 5.74) is 7.19. The highest BCUT2D eigenvalue weighted by Crippen LogP contribution is 2.16. The largest absolute Gasteiger partial charge is 0.469 e. The summed E-state index contributed by atoms with van der Waals surface area (Å²) in [5.74, 6) is -1.93. The normalized spacial score (nSPS) is 11.7. The van der Waals surface area contributed by atoms with Crippen molar-refractivity contribution in [2.24, 2.45) is 11.7 Å². The quantitative estimate of drug-likeness (QED) is 0.0460. The minimum atomic E-state index is -0.740. The number of unbranched alkanes of at least 4 members (excludes halogenated alkanes) is 2. The minimum Gasteiger partial charge on any atom is -0.469 e. The van der Waals surface area contributed by atoms with E-state index < -0.39 is 35.9 Å². The summed E-state index contributed by atoms with van der Waals surface area (Å²) in [4.78, 5) is 73.7. The van der Waals surface area contributed by atoms with Gasteiger partial charge in [-0.05, 0) is 55.9 Å². The number of hydrogen-bond acceptors (Lipinski definition) is 12. The van der Waals surface area contributed by atoms with E-state index in [-0.39, 0.29) is 74.8 Å². The molecule has 0 aromatic heterocycles. The lowest BCUT2D eigenvalue weighted by Gasteiger charge is -2.13. The number of hydrogen-bond donors (Lipinski definition) is 6. The van der Waals surface area contributed by atoms with Crippen LogP contribution in [0.3, 0.4) is 0 Å². The molecule has 17 heteroatoms. The van der Waals surface area contributed by atoms with Gasteiger partial charge in [-0.2, -0.15) is 0 Å². The molecule has 5 amide bonds. The summed E-state index contributed by atoms with van der Waals surface area (Å²) in [5, 5.41) is 13.5. The van der Waals surface area contributed by atoms with Gasteiger partial charge in [0.2, 0.25) is 0 Å². The van der Waals surface area contributed by atoms with Gasteiger partial charge in [-0.1, -0.05) is 43.7 Å². The number of nitrogens with one attached hydrogen (secondary N) is 5. The summed E-state index contributed by atoms with van der Waals surface area (Å²) < 4.78 is 25.4. The van der Waals surface area contributed by atoms with Crippen LogP contribution in [-0.2, 0) is 39.9 Å². The third-order valence-corrected chi connectivity index (χ3v) is 8.03. The van der Waals surface area contributed by atoms with Crippen molar-refractivity contribution < 1.29 is 52.5 Å². The Morgan fingerprint density at radius 2 is 1.22 bits per heavy atom. The van der Waals surface area contributed by atoms with Crippen molar-refractivity contribution in [1.82, 2.24) is 21.3 Å². The van der Waals surface area contributed by atoms with Gasteiger partial charge in [0.05, 0.1) is 46.6 Å². The molecule has 0 unspecified atom stereocenters. The summed E-state index contributed by atoms with van der Waals surface area (Å²) in [6.07, 6.45) is 2.92. The summed E-state index contributed by atoms with van der Waals surface area (Å²) in [6.45, 7) is 4.04. The molecule has 2 aromatic rings. The van der Waals surface area contributed by atoms with Gasteiger partial charge in [0.1, 0.15) is 12.6 Å². The highest BCUT2D eigenvalue weighted by atomic mass is 16.6. The predicted octanol–water partition coefficient (Wildman–Crippen LogP) is 2.88. The molecule has 0 fully saturated rings. The first-order valence-electron chi connectivity index (χ1n) is 18.3. The van der Waals surface area contributed by atoms with Crippen LogP contribution in [-0.4, -0.2) is 109 Å². The monoisotopic (exact) mass is 772 g/mol. The van der Waals surface area contributed by atoms with Crippen molar-refractivity contribution in [3.63, 3.8) is 0 Å². The molecular weight excluding hydrogens is 716 g/mol. The van der Waals surface area contributed by atoms with Gasteiger partial charge >= 0.3 is 24.1 Å². The number of rotatable bonds is 26. The van der Waals surface area contributed by atoms with E-state index in [0.717, 1.165) is 5.56 Å². The molecule has 17 nitrogen and oxygen atoms in total. The van der Waals surface area contributed by atoms with E-state index in [1.165, 1.54) is 32.4 Å². The van der Waals surface area contributed by atoms with Crippen LogP contribution in [0, 0.1) is 5.92 Å². The van der Waals surface area contributed by atoms with Crippen molar-refractivity contribution in [2.75, 3.05) is 72.1 Å². The van der Waals surface area contributed by atoms with Gasteiger partial charge < -0.3 is 56.0 Å². The zero-order chi connectivity index (χ0) is 40.3. The van der Waals surface area contributed by atoms with E-state index >= 15 is 0 Å². The molecule has 0 saturated carbocycles. The van der Waals surface area contributed by atoms with Gasteiger partial charge in [0, 0.05) is 43.0 Å². The topological polar surface area (TPSA) is 235 Å². The van der Waals surface area contributed by atoms with Crippen LogP contribution in [0.2, 0.25) is 0 Å². The molecule has 2 rings (SSSR count). The highest BCUT2D eigenvalue weighted by Gasteiger charge is 2.16. The number of esters is 2. The zero-order valence-corrected chi connectivity index (χ0v) is 31.9. The number of carbonyl (C=O) groups is 6. The van der Waals surface area contributed by atoms with Crippen molar-refractivity contribution in [1.29, 1.82) is 0 Å². The fourth-order valence-electron chi connectivity index (χ4n) is 4.96. The maximum atomic E-state index is 13.1. The Morgan fingerprint density at radius 1 is 0.655 bits per heavy atom. The zero-order valence-electron chi connectivity index (χ0n) is 31.9. The lowest BCUT2D eigenvalue weighted by atomic mass is 10.0. The van der Waals surface area contributed by atoms with Crippen LogP contribution < -0.4 is 32.3 Å². The van der Waals surface area contributed by atoms with E-state index in [2.05, 4.69) is 31.3 Å². The third kappa shape index (κ3) is 20.1. The van der Waals surface area contributed by atoms with Crippen molar-refractivity contribution in [3.05, 3.63) is 65.2 Å². The van der Waals surface area contributed by atoms with Gasteiger partial charge in [-0.15, -0.1) is 0 Å². The molecular formula is C38H56N6O11. The number of carbonyl (C=O) groups excluding carboxylic acids is 6. The Balaban J connectivity index is 1.78. The highest BCUT2D eigenvalue weighted by molar-refractivity contribution is 6.02. The number of ether oxygens (including phenoxy) is 5.